The van der Waals surface area contributed by atoms with Gasteiger partial charge < -0.3 is 10.2 Å². The van der Waals surface area contributed by atoms with E-state index in [1.165, 1.54) is 5.56 Å². The fraction of sp³-hybridized carbons (Fsp3) is 0.391. The highest BCUT2D eigenvalue weighted by atomic mass is 16.2. The van der Waals surface area contributed by atoms with Gasteiger partial charge >= 0.3 is 0 Å². The van der Waals surface area contributed by atoms with Crippen LogP contribution < -0.4 is 10.2 Å². The zero-order valence-corrected chi connectivity index (χ0v) is 16.2. The van der Waals surface area contributed by atoms with Crippen molar-refractivity contribution in [2.75, 3.05) is 18.0 Å². The second kappa shape index (κ2) is 8.85. The van der Waals surface area contributed by atoms with Gasteiger partial charge in [0.1, 0.15) is 0 Å². The Kier molecular flexibility index (Phi) is 6.28. The minimum atomic E-state index is -0.0758. The fourth-order valence-electron chi connectivity index (χ4n) is 3.62. The van der Waals surface area contributed by atoms with Crippen LogP contribution in [-0.4, -0.2) is 24.9 Å². The van der Waals surface area contributed by atoms with Crippen molar-refractivity contribution in [1.82, 2.24) is 5.32 Å². The Morgan fingerprint density at radius 2 is 1.74 bits per heavy atom. The van der Waals surface area contributed by atoms with E-state index in [1.54, 1.807) is 12.1 Å². The van der Waals surface area contributed by atoms with Gasteiger partial charge in [-0.3, -0.25) is 9.59 Å². The predicted molar refractivity (Wildman–Crippen MR) is 109 cm³/mol. The quantitative estimate of drug-likeness (QED) is 0.827. The number of hydrogen-bond donors (Lipinski definition) is 1. The number of amides is 2. The number of carbonyl (C=O) groups is 2. The second-order valence-corrected chi connectivity index (χ2v) is 7.52. The number of anilines is 1. The summed E-state index contributed by atoms with van der Waals surface area (Å²) in [5.74, 6) is 0.801. The van der Waals surface area contributed by atoms with Crippen molar-refractivity contribution in [3.8, 4) is 0 Å². The van der Waals surface area contributed by atoms with E-state index in [9.17, 15) is 9.59 Å². The molecule has 1 saturated heterocycles. The molecule has 0 aliphatic carbocycles. The van der Waals surface area contributed by atoms with E-state index in [0.717, 1.165) is 25.1 Å². The van der Waals surface area contributed by atoms with Crippen molar-refractivity contribution in [2.45, 2.75) is 39.0 Å². The van der Waals surface area contributed by atoms with E-state index in [4.69, 9.17) is 0 Å². The van der Waals surface area contributed by atoms with Gasteiger partial charge in [0.2, 0.25) is 5.91 Å². The summed E-state index contributed by atoms with van der Waals surface area (Å²) in [4.78, 5) is 26.4. The number of nitrogens with zero attached hydrogens (tertiary/aromatic N) is 1. The normalized spacial score (nSPS) is 15.7. The van der Waals surface area contributed by atoms with Gasteiger partial charge in [0, 0.05) is 36.7 Å². The summed E-state index contributed by atoms with van der Waals surface area (Å²) in [7, 11) is 0. The van der Waals surface area contributed by atoms with Gasteiger partial charge in [-0.15, -0.1) is 0 Å². The molecule has 1 aliphatic rings. The summed E-state index contributed by atoms with van der Waals surface area (Å²) < 4.78 is 0. The second-order valence-electron chi connectivity index (χ2n) is 7.52. The molecule has 0 saturated carbocycles. The Hall–Kier alpha value is -2.62. The molecule has 1 heterocycles. The first kappa shape index (κ1) is 19.2. The zero-order valence-electron chi connectivity index (χ0n) is 16.2. The minimum Gasteiger partial charge on any atom is -0.351 e. The minimum absolute atomic E-state index is 0.0758. The number of carbonyl (C=O) groups excluding carboxylic acids is 2. The average Bonchev–Trinajstić information content (AvgIpc) is 2.69. The van der Waals surface area contributed by atoms with Crippen LogP contribution in [0.15, 0.2) is 54.6 Å². The van der Waals surface area contributed by atoms with Crippen LogP contribution in [0.25, 0.3) is 0 Å². The van der Waals surface area contributed by atoms with Gasteiger partial charge in [-0.2, -0.15) is 0 Å². The standard InChI is InChI=1S/C23H28N2O2/c1-17(2)21(18-8-4-3-5-9-18)16-24-23(27)19-11-13-20(14-12-19)25-15-7-6-10-22(25)26/h3-5,8-9,11-14,17,21H,6-7,10,15-16H2,1-2H3,(H,24,27). The highest BCUT2D eigenvalue weighted by molar-refractivity contribution is 5.97. The van der Waals surface area contributed by atoms with E-state index in [1.807, 2.05) is 35.2 Å². The molecule has 2 aromatic carbocycles. The van der Waals surface area contributed by atoms with E-state index in [-0.39, 0.29) is 17.7 Å². The van der Waals surface area contributed by atoms with Crippen molar-refractivity contribution in [2.24, 2.45) is 5.92 Å². The molecule has 1 aliphatic heterocycles. The third-order valence-electron chi connectivity index (χ3n) is 5.28. The zero-order chi connectivity index (χ0) is 19.2. The number of piperidine rings is 1. The van der Waals surface area contributed by atoms with Crippen LogP contribution in [-0.2, 0) is 4.79 Å². The molecule has 3 rings (SSSR count). The molecule has 27 heavy (non-hydrogen) atoms. The van der Waals surface area contributed by atoms with E-state index in [2.05, 4.69) is 31.3 Å². The largest absolute Gasteiger partial charge is 0.351 e. The van der Waals surface area contributed by atoms with E-state index in [0.29, 0.717) is 24.4 Å². The van der Waals surface area contributed by atoms with Crippen LogP contribution in [0.5, 0.6) is 0 Å². The van der Waals surface area contributed by atoms with Gasteiger partial charge in [-0.25, -0.2) is 0 Å². The van der Waals surface area contributed by atoms with E-state index >= 15 is 0 Å². The van der Waals surface area contributed by atoms with Crippen LogP contribution in [0.4, 0.5) is 5.69 Å². The summed E-state index contributed by atoms with van der Waals surface area (Å²) in [5, 5.41) is 3.07. The van der Waals surface area contributed by atoms with Crippen molar-refractivity contribution in [1.29, 1.82) is 0 Å². The van der Waals surface area contributed by atoms with Gasteiger partial charge in [0.25, 0.3) is 5.91 Å². The Labute approximate surface area is 161 Å². The molecule has 1 unspecified atom stereocenters. The lowest BCUT2D eigenvalue weighted by atomic mass is 9.88. The first-order valence-corrected chi connectivity index (χ1v) is 9.80. The molecular formula is C23H28N2O2. The van der Waals surface area contributed by atoms with Crippen LogP contribution in [0.2, 0.25) is 0 Å². The highest BCUT2D eigenvalue weighted by Crippen LogP contribution is 2.24. The van der Waals surface area contributed by atoms with Crippen LogP contribution in [0.1, 0.15) is 54.9 Å². The molecule has 142 valence electrons. The number of hydrogen-bond acceptors (Lipinski definition) is 2. The lowest BCUT2D eigenvalue weighted by Gasteiger charge is -2.27. The molecule has 2 aromatic rings. The van der Waals surface area contributed by atoms with Gasteiger partial charge in [-0.05, 0) is 48.6 Å². The third-order valence-corrected chi connectivity index (χ3v) is 5.28. The maximum absolute atomic E-state index is 12.6. The summed E-state index contributed by atoms with van der Waals surface area (Å²) >= 11 is 0. The van der Waals surface area contributed by atoms with E-state index < -0.39 is 0 Å². The van der Waals surface area contributed by atoms with Crippen molar-refractivity contribution in [3.63, 3.8) is 0 Å². The molecule has 2 amide bonds. The first-order valence-electron chi connectivity index (χ1n) is 9.80. The van der Waals surface area contributed by atoms with Gasteiger partial charge in [0.15, 0.2) is 0 Å². The molecule has 4 heteroatoms. The van der Waals surface area contributed by atoms with Crippen molar-refractivity contribution >= 4 is 17.5 Å². The van der Waals surface area contributed by atoms with Gasteiger partial charge in [0.05, 0.1) is 0 Å². The lowest BCUT2D eigenvalue weighted by molar-refractivity contribution is -0.119. The molecular weight excluding hydrogens is 336 g/mol. The summed E-state index contributed by atoms with van der Waals surface area (Å²) in [6, 6.07) is 17.7. The highest BCUT2D eigenvalue weighted by Gasteiger charge is 2.20. The van der Waals surface area contributed by atoms with Gasteiger partial charge in [-0.1, -0.05) is 44.2 Å². The molecule has 1 atom stereocenters. The monoisotopic (exact) mass is 364 g/mol. The Morgan fingerprint density at radius 1 is 1.04 bits per heavy atom. The van der Waals surface area contributed by atoms with Crippen LogP contribution >= 0.6 is 0 Å². The number of rotatable bonds is 6. The molecule has 0 radical (unpaired) electrons. The average molecular weight is 364 g/mol. The molecule has 1 N–H and O–H groups in total. The summed E-state index contributed by atoms with van der Waals surface area (Å²) in [6.45, 7) is 5.72. The maximum Gasteiger partial charge on any atom is 0.251 e. The molecule has 0 aromatic heterocycles. The third kappa shape index (κ3) is 4.76. The van der Waals surface area contributed by atoms with Crippen molar-refractivity contribution < 1.29 is 9.59 Å². The molecule has 4 nitrogen and oxygen atoms in total. The molecule has 0 bridgehead atoms. The lowest BCUT2D eigenvalue weighted by Crippen LogP contribution is -2.35. The van der Waals surface area contributed by atoms with Crippen LogP contribution in [0, 0.1) is 5.92 Å². The number of nitrogens with one attached hydrogen (secondary N) is 1. The summed E-state index contributed by atoms with van der Waals surface area (Å²) in [6.07, 6.45) is 2.61. The van der Waals surface area contributed by atoms with Crippen molar-refractivity contribution in [3.05, 3.63) is 65.7 Å². The Balaban J connectivity index is 1.63. The topological polar surface area (TPSA) is 49.4 Å². The Morgan fingerprint density at radius 3 is 2.37 bits per heavy atom. The molecule has 1 fully saturated rings. The van der Waals surface area contributed by atoms with Crippen LogP contribution in [0.3, 0.4) is 0 Å². The smallest absolute Gasteiger partial charge is 0.251 e. The maximum atomic E-state index is 12.6. The number of benzene rings is 2. The Bertz CT molecular complexity index is 769. The molecule has 0 spiro atoms. The first-order chi connectivity index (χ1) is 13.1. The predicted octanol–water partition coefficient (Wildman–Crippen LogP) is 4.37. The SMILES string of the molecule is CC(C)C(CNC(=O)c1ccc(N2CCCCC2=O)cc1)c1ccccc1. The summed E-state index contributed by atoms with van der Waals surface area (Å²) in [5.41, 5.74) is 2.74. The fourth-order valence-corrected chi connectivity index (χ4v) is 3.62.